The predicted molar refractivity (Wildman–Crippen MR) is 75.1 cm³/mol. The number of hydrogen-bond acceptors (Lipinski definition) is 5. The Balaban J connectivity index is 2.21. The number of nitrogens with zero attached hydrogens (tertiary/aromatic N) is 1. The lowest BCUT2D eigenvalue weighted by Crippen LogP contribution is -2.22. The molecule has 1 aromatic heterocycles. The zero-order valence-corrected chi connectivity index (χ0v) is 12.2. The number of methoxy groups -OCH3 is 1. The number of thiazole rings is 1. The van der Waals surface area contributed by atoms with E-state index in [0.29, 0.717) is 19.8 Å². The highest BCUT2D eigenvalue weighted by atomic mass is 32.1. The quantitative estimate of drug-likeness (QED) is 0.662. The molecular weight excluding hydrogens is 248 g/mol. The molecule has 0 aliphatic carbocycles. The molecule has 0 saturated heterocycles. The summed E-state index contributed by atoms with van der Waals surface area (Å²) in [6.45, 7) is 4.16. The van der Waals surface area contributed by atoms with E-state index in [4.69, 9.17) is 15.2 Å². The van der Waals surface area contributed by atoms with Crippen LogP contribution in [-0.2, 0) is 22.3 Å². The van der Waals surface area contributed by atoms with Gasteiger partial charge in [-0.05, 0) is 6.42 Å². The number of hydrogen-bond donors (Lipinski definition) is 1. The second-order valence-electron chi connectivity index (χ2n) is 4.34. The Bertz CT molecular complexity index is 318. The van der Waals surface area contributed by atoms with Crippen LogP contribution in [0.3, 0.4) is 0 Å². The smallest absolute Gasteiger partial charge is 0.0951 e. The van der Waals surface area contributed by atoms with Gasteiger partial charge >= 0.3 is 0 Å². The summed E-state index contributed by atoms with van der Waals surface area (Å²) in [5.74, 6) is 0. The Labute approximate surface area is 114 Å². The van der Waals surface area contributed by atoms with Crippen molar-refractivity contribution in [3.05, 3.63) is 16.1 Å². The molecule has 1 aromatic rings. The summed E-state index contributed by atoms with van der Waals surface area (Å²) in [5, 5.41) is 3.24. The van der Waals surface area contributed by atoms with E-state index in [2.05, 4.69) is 17.3 Å². The molecule has 0 bridgehead atoms. The summed E-state index contributed by atoms with van der Waals surface area (Å²) in [7, 11) is 1.68. The van der Waals surface area contributed by atoms with Crippen molar-refractivity contribution in [1.82, 2.24) is 4.98 Å². The average Bonchev–Trinajstić information content (AvgIpc) is 2.77. The standard InChI is InChI=1S/C13H24N2O2S/c1-3-4-11(14)9-12-10-18-13(15-12)5-6-17-8-7-16-2/h10-11H,3-9,14H2,1-2H3. The van der Waals surface area contributed by atoms with Crippen molar-refractivity contribution in [2.75, 3.05) is 26.9 Å². The second-order valence-corrected chi connectivity index (χ2v) is 5.28. The van der Waals surface area contributed by atoms with Crippen molar-refractivity contribution >= 4 is 11.3 Å². The van der Waals surface area contributed by atoms with Gasteiger partial charge in [0.15, 0.2) is 0 Å². The van der Waals surface area contributed by atoms with Gasteiger partial charge in [-0.2, -0.15) is 0 Å². The first-order valence-electron chi connectivity index (χ1n) is 6.51. The molecule has 0 spiro atoms. The van der Waals surface area contributed by atoms with Crippen molar-refractivity contribution in [3.63, 3.8) is 0 Å². The van der Waals surface area contributed by atoms with E-state index in [1.54, 1.807) is 18.4 Å². The summed E-state index contributed by atoms with van der Waals surface area (Å²) in [4.78, 5) is 4.58. The van der Waals surface area contributed by atoms with Gasteiger partial charge in [-0.1, -0.05) is 13.3 Å². The zero-order chi connectivity index (χ0) is 13.2. The van der Waals surface area contributed by atoms with Gasteiger partial charge in [-0.25, -0.2) is 4.98 Å². The van der Waals surface area contributed by atoms with E-state index in [1.165, 1.54) is 0 Å². The number of ether oxygens (including phenoxy) is 2. The van der Waals surface area contributed by atoms with E-state index in [0.717, 1.165) is 36.4 Å². The third kappa shape index (κ3) is 6.44. The van der Waals surface area contributed by atoms with E-state index in [9.17, 15) is 0 Å². The molecule has 4 nitrogen and oxygen atoms in total. The summed E-state index contributed by atoms with van der Waals surface area (Å²) < 4.78 is 10.3. The van der Waals surface area contributed by atoms with Crippen LogP contribution in [0.25, 0.3) is 0 Å². The maximum absolute atomic E-state index is 6.01. The van der Waals surface area contributed by atoms with Gasteiger partial charge in [-0.15, -0.1) is 11.3 Å². The highest BCUT2D eigenvalue weighted by Gasteiger charge is 2.07. The second kappa shape index (κ2) is 9.44. The first-order valence-corrected chi connectivity index (χ1v) is 7.39. The zero-order valence-electron chi connectivity index (χ0n) is 11.4. The molecule has 0 aliphatic rings. The van der Waals surface area contributed by atoms with Crippen molar-refractivity contribution in [2.24, 2.45) is 5.73 Å². The van der Waals surface area contributed by atoms with Crippen LogP contribution in [0.15, 0.2) is 5.38 Å². The number of rotatable bonds is 10. The Morgan fingerprint density at radius 3 is 2.94 bits per heavy atom. The first-order chi connectivity index (χ1) is 8.76. The van der Waals surface area contributed by atoms with Crippen molar-refractivity contribution < 1.29 is 9.47 Å². The Hall–Kier alpha value is -0.490. The monoisotopic (exact) mass is 272 g/mol. The van der Waals surface area contributed by atoms with Crippen LogP contribution in [-0.4, -0.2) is 38.0 Å². The van der Waals surface area contributed by atoms with Crippen LogP contribution in [0.5, 0.6) is 0 Å². The van der Waals surface area contributed by atoms with Crippen LogP contribution < -0.4 is 5.73 Å². The van der Waals surface area contributed by atoms with Crippen molar-refractivity contribution in [3.8, 4) is 0 Å². The lowest BCUT2D eigenvalue weighted by molar-refractivity contribution is 0.0722. The van der Waals surface area contributed by atoms with Gasteiger partial charge in [0.2, 0.25) is 0 Å². The third-order valence-electron chi connectivity index (χ3n) is 2.62. The Morgan fingerprint density at radius 1 is 1.39 bits per heavy atom. The van der Waals surface area contributed by atoms with Gasteiger partial charge in [0.1, 0.15) is 0 Å². The predicted octanol–water partition coefficient (Wildman–Crippen LogP) is 2.02. The molecule has 1 rings (SSSR count). The number of aromatic nitrogens is 1. The fourth-order valence-electron chi connectivity index (χ4n) is 1.70. The minimum atomic E-state index is 0.239. The van der Waals surface area contributed by atoms with Gasteiger partial charge in [0.05, 0.1) is 30.5 Å². The Morgan fingerprint density at radius 2 is 2.22 bits per heavy atom. The molecule has 1 atom stereocenters. The van der Waals surface area contributed by atoms with Crippen LogP contribution in [0, 0.1) is 0 Å². The highest BCUT2D eigenvalue weighted by Crippen LogP contribution is 2.13. The molecule has 104 valence electrons. The molecule has 0 amide bonds. The van der Waals surface area contributed by atoms with Crippen LogP contribution >= 0.6 is 11.3 Å². The molecular formula is C13H24N2O2S. The summed E-state index contributed by atoms with van der Waals surface area (Å²) in [5.41, 5.74) is 7.12. The highest BCUT2D eigenvalue weighted by molar-refractivity contribution is 7.09. The lowest BCUT2D eigenvalue weighted by atomic mass is 10.1. The number of nitrogens with two attached hydrogens (primary N) is 1. The molecule has 1 unspecified atom stereocenters. The summed E-state index contributed by atoms with van der Waals surface area (Å²) >= 11 is 1.70. The molecule has 2 N–H and O–H groups in total. The molecule has 0 radical (unpaired) electrons. The molecule has 0 aromatic carbocycles. The van der Waals surface area contributed by atoms with Gasteiger partial charge < -0.3 is 15.2 Å². The van der Waals surface area contributed by atoms with Crippen molar-refractivity contribution in [2.45, 2.75) is 38.6 Å². The molecule has 5 heteroatoms. The summed E-state index contributed by atoms with van der Waals surface area (Å²) in [6.07, 6.45) is 3.95. The fraction of sp³-hybridized carbons (Fsp3) is 0.769. The molecule has 0 fully saturated rings. The van der Waals surface area contributed by atoms with E-state index >= 15 is 0 Å². The third-order valence-corrected chi connectivity index (χ3v) is 3.58. The van der Waals surface area contributed by atoms with E-state index in [1.807, 2.05) is 0 Å². The van der Waals surface area contributed by atoms with Gasteiger partial charge in [-0.3, -0.25) is 0 Å². The summed E-state index contributed by atoms with van der Waals surface area (Å²) in [6, 6.07) is 0.239. The lowest BCUT2D eigenvalue weighted by Gasteiger charge is -2.07. The first kappa shape index (κ1) is 15.6. The molecule has 0 aliphatic heterocycles. The van der Waals surface area contributed by atoms with Crippen LogP contribution in [0.1, 0.15) is 30.5 Å². The minimum absolute atomic E-state index is 0.239. The normalized spacial score (nSPS) is 12.8. The topological polar surface area (TPSA) is 57.4 Å². The average molecular weight is 272 g/mol. The van der Waals surface area contributed by atoms with Crippen LogP contribution in [0.2, 0.25) is 0 Å². The van der Waals surface area contributed by atoms with Crippen molar-refractivity contribution in [1.29, 1.82) is 0 Å². The van der Waals surface area contributed by atoms with Gasteiger partial charge in [0.25, 0.3) is 0 Å². The minimum Gasteiger partial charge on any atom is -0.382 e. The largest absolute Gasteiger partial charge is 0.382 e. The maximum atomic E-state index is 6.01. The molecule has 1 heterocycles. The van der Waals surface area contributed by atoms with E-state index in [-0.39, 0.29) is 6.04 Å². The van der Waals surface area contributed by atoms with Crippen LogP contribution in [0.4, 0.5) is 0 Å². The molecule has 18 heavy (non-hydrogen) atoms. The SMILES string of the molecule is CCCC(N)Cc1csc(CCOCCOC)n1. The maximum Gasteiger partial charge on any atom is 0.0951 e. The fourth-order valence-corrected chi connectivity index (χ4v) is 2.49. The van der Waals surface area contributed by atoms with Gasteiger partial charge in [0, 0.05) is 31.4 Å². The molecule has 0 saturated carbocycles. The van der Waals surface area contributed by atoms with E-state index < -0.39 is 0 Å². The Kier molecular flexibility index (Phi) is 8.17.